The number of nitrogens with zero attached hydrogens (tertiary/aromatic N) is 1. The highest BCUT2D eigenvalue weighted by atomic mass is 16.3. The lowest BCUT2D eigenvalue weighted by Crippen LogP contribution is -2.17. The summed E-state index contributed by atoms with van der Waals surface area (Å²) in [6.45, 7) is 1.97. The summed E-state index contributed by atoms with van der Waals surface area (Å²) in [5.41, 5.74) is 5.16. The summed E-state index contributed by atoms with van der Waals surface area (Å²) in [7, 11) is 0. The van der Waals surface area contributed by atoms with Gasteiger partial charge >= 0.3 is 0 Å². The maximum Gasteiger partial charge on any atom is 0.271 e. The molecule has 4 nitrogen and oxygen atoms in total. The van der Waals surface area contributed by atoms with Crippen LogP contribution in [0.4, 0.5) is 0 Å². The smallest absolute Gasteiger partial charge is 0.271 e. The van der Waals surface area contributed by atoms with E-state index in [1.165, 1.54) is 6.21 Å². The van der Waals surface area contributed by atoms with E-state index in [1.807, 2.05) is 61.5 Å². The summed E-state index contributed by atoms with van der Waals surface area (Å²) in [6, 6.07) is 20.8. The molecule has 114 valence electrons. The number of nitrogens with one attached hydrogen (secondary N) is 1. The number of aryl methyl sites for hydroxylation is 1. The first-order valence-corrected chi connectivity index (χ1v) is 7.28. The molecular weight excluding hydrogens is 288 g/mol. The first-order valence-electron chi connectivity index (χ1n) is 7.28. The predicted octanol–water partition coefficient (Wildman–Crippen LogP) is 4.02. The summed E-state index contributed by atoms with van der Waals surface area (Å²) in [4.78, 5) is 11.9. The van der Waals surface area contributed by atoms with Crippen molar-refractivity contribution in [1.29, 1.82) is 0 Å². The molecule has 3 rings (SSSR count). The number of carbonyl (C=O) groups is 1. The second kappa shape index (κ2) is 6.75. The second-order valence-electron chi connectivity index (χ2n) is 5.13. The summed E-state index contributed by atoms with van der Waals surface area (Å²) in [5, 5.41) is 3.93. The zero-order valence-corrected chi connectivity index (χ0v) is 12.7. The van der Waals surface area contributed by atoms with Crippen molar-refractivity contribution in [2.45, 2.75) is 6.92 Å². The fourth-order valence-electron chi connectivity index (χ4n) is 2.10. The molecule has 3 aromatic rings. The van der Waals surface area contributed by atoms with Crippen LogP contribution in [-0.4, -0.2) is 12.1 Å². The van der Waals surface area contributed by atoms with Gasteiger partial charge in [0.2, 0.25) is 0 Å². The monoisotopic (exact) mass is 304 g/mol. The Hall–Kier alpha value is -3.14. The van der Waals surface area contributed by atoms with Gasteiger partial charge in [-0.2, -0.15) is 5.10 Å². The maximum atomic E-state index is 11.9. The third kappa shape index (κ3) is 3.74. The summed E-state index contributed by atoms with van der Waals surface area (Å²) >= 11 is 0. The Kier molecular flexibility index (Phi) is 4.34. The van der Waals surface area contributed by atoms with E-state index < -0.39 is 0 Å². The molecule has 0 atom stereocenters. The van der Waals surface area contributed by atoms with E-state index in [0.717, 1.165) is 16.9 Å². The molecule has 0 aliphatic carbocycles. The van der Waals surface area contributed by atoms with Crippen molar-refractivity contribution in [3.8, 4) is 11.3 Å². The second-order valence-corrected chi connectivity index (χ2v) is 5.13. The van der Waals surface area contributed by atoms with E-state index >= 15 is 0 Å². The molecule has 0 saturated heterocycles. The molecule has 0 spiro atoms. The van der Waals surface area contributed by atoms with Crippen molar-refractivity contribution in [2.24, 2.45) is 5.10 Å². The standard InChI is InChI=1S/C19H16N2O2/c1-14-7-9-16(10-8-14)19(22)21-20-13-17-11-12-18(23-17)15-5-3-2-4-6-15/h2-13H,1H3,(H,21,22)/b20-13-. The van der Waals surface area contributed by atoms with E-state index in [9.17, 15) is 4.79 Å². The molecule has 0 saturated carbocycles. The third-order valence-electron chi connectivity index (χ3n) is 3.36. The van der Waals surface area contributed by atoms with Crippen LogP contribution in [-0.2, 0) is 0 Å². The Morgan fingerprint density at radius 2 is 1.74 bits per heavy atom. The van der Waals surface area contributed by atoms with E-state index in [1.54, 1.807) is 12.1 Å². The van der Waals surface area contributed by atoms with Crippen LogP contribution in [0.5, 0.6) is 0 Å². The molecule has 0 unspecified atom stereocenters. The van der Waals surface area contributed by atoms with Gasteiger partial charge in [0.25, 0.3) is 5.91 Å². The summed E-state index contributed by atoms with van der Waals surface area (Å²) in [6.07, 6.45) is 1.48. The van der Waals surface area contributed by atoms with Crippen LogP contribution in [0, 0.1) is 6.92 Å². The quantitative estimate of drug-likeness (QED) is 0.584. The molecule has 1 N–H and O–H groups in total. The topological polar surface area (TPSA) is 54.6 Å². The highest BCUT2D eigenvalue weighted by Crippen LogP contribution is 2.20. The van der Waals surface area contributed by atoms with E-state index in [0.29, 0.717) is 11.3 Å². The SMILES string of the molecule is Cc1ccc(C(=O)N/N=C\c2ccc(-c3ccccc3)o2)cc1. The van der Waals surface area contributed by atoms with Crippen LogP contribution in [0.15, 0.2) is 76.2 Å². The highest BCUT2D eigenvalue weighted by Gasteiger charge is 2.04. The van der Waals surface area contributed by atoms with E-state index in [-0.39, 0.29) is 5.91 Å². The van der Waals surface area contributed by atoms with E-state index in [4.69, 9.17) is 4.42 Å². The van der Waals surface area contributed by atoms with Crippen LogP contribution >= 0.6 is 0 Å². The summed E-state index contributed by atoms with van der Waals surface area (Å²) in [5.74, 6) is 1.08. The average Bonchev–Trinajstić information content (AvgIpc) is 3.05. The predicted molar refractivity (Wildman–Crippen MR) is 90.4 cm³/mol. The molecule has 1 amide bonds. The average molecular weight is 304 g/mol. The summed E-state index contributed by atoms with van der Waals surface area (Å²) < 4.78 is 5.67. The van der Waals surface area contributed by atoms with Crippen molar-refractivity contribution in [1.82, 2.24) is 5.43 Å². The first-order chi connectivity index (χ1) is 11.2. The fraction of sp³-hybridized carbons (Fsp3) is 0.0526. The van der Waals surface area contributed by atoms with Gasteiger partial charge in [0, 0.05) is 11.1 Å². The molecule has 0 aliphatic heterocycles. The van der Waals surface area contributed by atoms with Crippen molar-refractivity contribution in [3.63, 3.8) is 0 Å². The minimum Gasteiger partial charge on any atom is -0.455 e. The molecular formula is C19H16N2O2. The van der Waals surface area contributed by atoms with Gasteiger partial charge in [-0.25, -0.2) is 5.43 Å². The number of hydrogen-bond donors (Lipinski definition) is 1. The normalized spacial score (nSPS) is 10.8. The molecule has 0 bridgehead atoms. The van der Waals surface area contributed by atoms with Gasteiger partial charge in [0.15, 0.2) is 0 Å². The lowest BCUT2D eigenvalue weighted by Gasteiger charge is -1.99. The molecule has 0 fully saturated rings. The number of amides is 1. The lowest BCUT2D eigenvalue weighted by molar-refractivity contribution is 0.0955. The minimum atomic E-state index is -0.254. The molecule has 1 aromatic heterocycles. The number of furan rings is 1. The van der Waals surface area contributed by atoms with Crippen molar-refractivity contribution in [3.05, 3.63) is 83.6 Å². The minimum absolute atomic E-state index is 0.254. The molecule has 0 aliphatic rings. The zero-order chi connectivity index (χ0) is 16.1. The van der Waals surface area contributed by atoms with Gasteiger partial charge in [-0.15, -0.1) is 0 Å². The van der Waals surface area contributed by atoms with Gasteiger partial charge in [0.1, 0.15) is 11.5 Å². The number of hydrazone groups is 1. The number of benzene rings is 2. The molecule has 0 radical (unpaired) electrons. The Bertz CT molecular complexity index is 818. The third-order valence-corrected chi connectivity index (χ3v) is 3.36. The number of rotatable bonds is 4. The number of hydrogen-bond acceptors (Lipinski definition) is 3. The van der Waals surface area contributed by atoms with Crippen molar-refractivity contribution < 1.29 is 9.21 Å². The van der Waals surface area contributed by atoms with Crippen LogP contribution in [0.1, 0.15) is 21.7 Å². The Morgan fingerprint density at radius 1 is 1.00 bits per heavy atom. The number of carbonyl (C=O) groups excluding carboxylic acids is 1. The van der Waals surface area contributed by atoms with Crippen LogP contribution in [0.2, 0.25) is 0 Å². The maximum absolute atomic E-state index is 11.9. The van der Waals surface area contributed by atoms with Gasteiger partial charge in [-0.05, 0) is 31.2 Å². The highest BCUT2D eigenvalue weighted by molar-refractivity contribution is 5.94. The Morgan fingerprint density at radius 3 is 2.48 bits per heavy atom. The van der Waals surface area contributed by atoms with E-state index in [2.05, 4.69) is 10.5 Å². The Balaban J connectivity index is 1.63. The van der Waals surface area contributed by atoms with Gasteiger partial charge in [-0.3, -0.25) is 4.79 Å². The largest absolute Gasteiger partial charge is 0.455 e. The van der Waals surface area contributed by atoms with Gasteiger partial charge in [-0.1, -0.05) is 48.0 Å². The van der Waals surface area contributed by atoms with Crippen LogP contribution < -0.4 is 5.43 Å². The van der Waals surface area contributed by atoms with Crippen molar-refractivity contribution >= 4 is 12.1 Å². The first kappa shape index (κ1) is 14.8. The molecule has 2 aromatic carbocycles. The molecule has 23 heavy (non-hydrogen) atoms. The zero-order valence-electron chi connectivity index (χ0n) is 12.7. The Labute approximate surface area is 134 Å². The molecule has 1 heterocycles. The van der Waals surface area contributed by atoms with Crippen LogP contribution in [0.3, 0.4) is 0 Å². The van der Waals surface area contributed by atoms with Crippen LogP contribution in [0.25, 0.3) is 11.3 Å². The van der Waals surface area contributed by atoms with Gasteiger partial charge in [0.05, 0.1) is 6.21 Å². The van der Waals surface area contributed by atoms with Gasteiger partial charge < -0.3 is 4.42 Å². The fourth-order valence-corrected chi connectivity index (χ4v) is 2.10. The lowest BCUT2D eigenvalue weighted by atomic mass is 10.1. The molecule has 4 heteroatoms. The van der Waals surface area contributed by atoms with Crippen molar-refractivity contribution in [2.75, 3.05) is 0 Å².